The Bertz CT molecular complexity index is 585. The smallest absolute Gasteiger partial charge is 0.311 e. The highest BCUT2D eigenvalue weighted by molar-refractivity contribution is 9.10. The SMILES string of the molecule is CC1(C(=O)O)CCCC1NC(=O)/C=C/c1ccccc1Br. The third kappa shape index (κ3) is 3.53. The molecule has 2 atom stereocenters. The Hall–Kier alpha value is -1.62. The van der Waals surface area contributed by atoms with E-state index in [0.29, 0.717) is 12.8 Å². The number of nitrogens with one attached hydrogen (secondary N) is 1. The number of rotatable bonds is 4. The van der Waals surface area contributed by atoms with E-state index in [1.807, 2.05) is 24.3 Å². The molecule has 1 aliphatic rings. The second-order valence-corrected chi connectivity index (χ2v) is 6.39. The molecule has 0 bridgehead atoms. The van der Waals surface area contributed by atoms with Gasteiger partial charge in [-0.05, 0) is 37.5 Å². The summed E-state index contributed by atoms with van der Waals surface area (Å²) in [6.07, 6.45) is 5.29. The topological polar surface area (TPSA) is 66.4 Å². The van der Waals surface area contributed by atoms with E-state index < -0.39 is 11.4 Å². The maximum absolute atomic E-state index is 12.0. The van der Waals surface area contributed by atoms with Crippen molar-refractivity contribution >= 4 is 33.9 Å². The van der Waals surface area contributed by atoms with Gasteiger partial charge in [0.15, 0.2) is 0 Å². The predicted octanol–water partition coefficient (Wildman–Crippen LogP) is 3.22. The van der Waals surface area contributed by atoms with Crippen molar-refractivity contribution in [1.82, 2.24) is 5.32 Å². The first-order chi connectivity index (χ1) is 9.93. The fourth-order valence-electron chi connectivity index (χ4n) is 2.65. The van der Waals surface area contributed by atoms with Crippen molar-refractivity contribution in [2.45, 2.75) is 32.2 Å². The minimum atomic E-state index is -0.864. The zero-order valence-electron chi connectivity index (χ0n) is 11.8. The summed E-state index contributed by atoms with van der Waals surface area (Å²) in [4.78, 5) is 23.4. The molecule has 1 aromatic carbocycles. The molecule has 5 heteroatoms. The summed E-state index contributed by atoms with van der Waals surface area (Å²) in [5.41, 5.74) is 0.0386. The Morgan fingerprint density at radius 3 is 2.81 bits per heavy atom. The molecule has 2 unspecified atom stereocenters. The molecule has 0 radical (unpaired) electrons. The Morgan fingerprint density at radius 1 is 1.43 bits per heavy atom. The van der Waals surface area contributed by atoms with Crippen LogP contribution in [0.1, 0.15) is 31.7 Å². The lowest BCUT2D eigenvalue weighted by molar-refractivity contribution is -0.148. The maximum atomic E-state index is 12.0. The number of carbonyl (C=O) groups excluding carboxylic acids is 1. The van der Waals surface area contributed by atoms with Gasteiger partial charge in [-0.25, -0.2) is 0 Å². The summed E-state index contributed by atoms with van der Waals surface area (Å²) in [7, 11) is 0. The first-order valence-corrected chi connectivity index (χ1v) is 7.69. The summed E-state index contributed by atoms with van der Waals surface area (Å²) in [5, 5.41) is 12.1. The molecule has 0 aliphatic heterocycles. The zero-order valence-corrected chi connectivity index (χ0v) is 13.4. The van der Waals surface area contributed by atoms with E-state index in [1.165, 1.54) is 6.08 Å². The molecule has 0 aromatic heterocycles. The highest BCUT2D eigenvalue weighted by Gasteiger charge is 2.45. The fraction of sp³-hybridized carbons (Fsp3) is 0.375. The van der Waals surface area contributed by atoms with Crippen LogP contribution in [0.15, 0.2) is 34.8 Å². The Labute approximate surface area is 132 Å². The lowest BCUT2D eigenvalue weighted by Crippen LogP contribution is -2.46. The van der Waals surface area contributed by atoms with E-state index in [9.17, 15) is 14.7 Å². The third-order valence-electron chi connectivity index (χ3n) is 4.08. The van der Waals surface area contributed by atoms with E-state index in [2.05, 4.69) is 21.2 Å². The molecule has 4 nitrogen and oxygen atoms in total. The number of hydrogen-bond donors (Lipinski definition) is 2. The first kappa shape index (κ1) is 15.8. The Kier molecular flexibility index (Phi) is 4.83. The second-order valence-electron chi connectivity index (χ2n) is 5.53. The lowest BCUT2D eigenvalue weighted by atomic mass is 9.85. The number of amides is 1. The van der Waals surface area contributed by atoms with Crippen LogP contribution >= 0.6 is 15.9 Å². The quantitative estimate of drug-likeness (QED) is 0.818. The molecule has 112 valence electrons. The molecule has 2 rings (SSSR count). The first-order valence-electron chi connectivity index (χ1n) is 6.90. The van der Waals surface area contributed by atoms with Crippen LogP contribution < -0.4 is 5.32 Å². The molecular formula is C16H18BrNO3. The van der Waals surface area contributed by atoms with Gasteiger partial charge in [-0.1, -0.05) is 40.5 Å². The number of hydrogen-bond acceptors (Lipinski definition) is 2. The van der Waals surface area contributed by atoms with Crippen molar-refractivity contribution < 1.29 is 14.7 Å². The van der Waals surface area contributed by atoms with Gasteiger partial charge in [0.05, 0.1) is 5.41 Å². The molecule has 0 saturated heterocycles. The average Bonchev–Trinajstić information content (AvgIpc) is 2.81. The number of benzene rings is 1. The van der Waals surface area contributed by atoms with Crippen molar-refractivity contribution in [1.29, 1.82) is 0 Å². The van der Waals surface area contributed by atoms with Crippen molar-refractivity contribution in [3.8, 4) is 0 Å². The van der Waals surface area contributed by atoms with Gasteiger partial charge in [0.2, 0.25) is 5.91 Å². The Morgan fingerprint density at radius 2 is 2.14 bits per heavy atom. The lowest BCUT2D eigenvalue weighted by Gasteiger charge is -2.27. The van der Waals surface area contributed by atoms with Crippen LogP contribution in [-0.4, -0.2) is 23.0 Å². The monoisotopic (exact) mass is 351 g/mol. The molecule has 1 aliphatic carbocycles. The average molecular weight is 352 g/mol. The molecular weight excluding hydrogens is 334 g/mol. The van der Waals surface area contributed by atoms with Crippen molar-refractivity contribution in [3.05, 3.63) is 40.4 Å². The van der Waals surface area contributed by atoms with Gasteiger partial charge in [0, 0.05) is 16.6 Å². The highest BCUT2D eigenvalue weighted by atomic mass is 79.9. The number of halogens is 1. The van der Waals surface area contributed by atoms with Crippen LogP contribution in [0.5, 0.6) is 0 Å². The van der Waals surface area contributed by atoms with Gasteiger partial charge in [0.1, 0.15) is 0 Å². The van der Waals surface area contributed by atoms with E-state index >= 15 is 0 Å². The van der Waals surface area contributed by atoms with Crippen LogP contribution in [0.3, 0.4) is 0 Å². The normalized spacial score (nSPS) is 25.1. The van der Waals surface area contributed by atoms with Crippen LogP contribution in [0.4, 0.5) is 0 Å². The largest absolute Gasteiger partial charge is 0.481 e. The fourth-order valence-corrected chi connectivity index (χ4v) is 3.07. The Balaban J connectivity index is 2.02. The number of carbonyl (C=O) groups is 2. The predicted molar refractivity (Wildman–Crippen MR) is 84.7 cm³/mol. The van der Waals surface area contributed by atoms with E-state index in [-0.39, 0.29) is 11.9 Å². The number of carboxylic acid groups (broad SMARTS) is 1. The minimum Gasteiger partial charge on any atom is -0.481 e. The molecule has 2 N–H and O–H groups in total. The van der Waals surface area contributed by atoms with Crippen molar-refractivity contribution in [2.75, 3.05) is 0 Å². The summed E-state index contributed by atoms with van der Waals surface area (Å²) in [6, 6.07) is 7.27. The summed E-state index contributed by atoms with van der Waals surface area (Å²) in [6.45, 7) is 1.70. The van der Waals surface area contributed by atoms with Gasteiger partial charge < -0.3 is 10.4 Å². The molecule has 1 amide bonds. The molecule has 0 heterocycles. The molecule has 1 aromatic rings. The van der Waals surface area contributed by atoms with Crippen LogP contribution in [0, 0.1) is 5.41 Å². The van der Waals surface area contributed by atoms with Gasteiger partial charge in [-0.3, -0.25) is 9.59 Å². The third-order valence-corrected chi connectivity index (χ3v) is 4.80. The van der Waals surface area contributed by atoms with Gasteiger partial charge in [-0.2, -0.15) is 0 Å². The summed E-state index contributed by atoms with van der Waals surface area (Å²) >= 11 is 3.41. The number of carboxylic acids is 1. The van der Waals surface area contributed by atoms with Crippen LogP contribution in [0.25, 0.3) is 6.08 Å². The van der Waals surface area contributed by atoms with E-state index in [0.717, 1.165) is 16.5 Å². The summed E-state index contributed by atoms with van der Waals surface area (Å²) in [5.74, 6) is -1.11. The van der Waals surface area contributed by atoms with Gasteiger partial charge in [-0.15, -0.1) is 0 Å². The van der Waals surface area contributed by atoms with Crippen molar-refractivity contribution in [3.63, 3.8) is 0 Å². The molecule has 1 saturated carbocycles. The molecule has 0 spiro atoms. The highest BCUT2D eigenvalue weighted by Crippen LogP contribution is 2.38. The van der Waals surface area contributed by atoms with E-state index in [4.69, 9.17) is 0 Å². The minimum absolute atomic E-state index is 0.259. The van der Waals surface area contributed by atoms with E-state index in [1.54, 1.807) is 13.0 Å². The second kappa shape index (κ2) is 6.43. The summed E-state index contributed by atoms with van der Waals surface area (Å²) < 4.78 is 0.908. The number of aliphatic carboxylic acids is 1. The zero-order chi connectivity index (χ0) is 15.5. The van der Waals surface area contributed by atoms with Crippen LogP contribution in [0.2, 0.25) is 0 Å². The van der Waals surface area contributed by atoms with Gasteiger partial charge >= 0.3 is 5.97 Å². The standard InChI is InChI=1S/C16H18BrNO3/c1-16(15(20)21)10-4-7-13(16)18-14(19)9-8-11-5-2-3-6-12(11)17/h2-3,5-6,8-9,13H,4,7,10H2,1H3,(H,18,19)(H,20,21)/b9-8+. The molecule has 21 heavy (non-hydrogen) atoms. The van der Waals surface area contributed by atoms with Crippen molar-refractivity contribution in [2.24, 2.45) is 5.41 Å². The van der Waals surface area contributed by atoms with Gasteiger partial charge in [0.25, 0.3) is 0 Å². The van der Waals surface area contributed by atoms with Crippen LogP contribution in [-0.2, 0) is 9.59 Å². The molecule has 1 fully saturated rings. The maximum Gasteiger partial charge on any atom is 0.311 e.